The van der Waals surface area contributed by atoms with Gasteiger partial charge in [0.15, 0.2) is 0 Å². The van der Waals surface area contributed by atoms with Crippen molar-refractivity contribution in [2.75, 3.05) is 0 Å². The quantitative estimate of drug-likeness (QED) is 0.369. The number of nitrogens with one attached hydrogen (secondary N) is 2. The van der Waals surface area contributed by atoms with Crippen LogP contribution in [0.1, 0.15) is 35.5 Å². The summed E-state index contributed by atoms with van der Waals surface area (Å²) in [5, 5.41) is 7.27. The highest BCUT2D eigenvalue weighted by Gasteiger charge is 2.16. The van der Waals surface area contributed by atoms with Crippen molar-refractivity contribution in [3.05, 3.63) is 88.2 Å². The Morgan fingerprint density at radius 3 is 2.37 bits per heavy atom. The summed E-state index contributed by atoms with van der Waals surface area (Å²) in [6.45, 7) is 5.75. The molecule has 154 valence electrons. The molecule has 0 unspecified atom stereocenters. The second-order valence-electron chi connectivity index (χ2n) is 6.94. The van der Waals surface area contributed by atoms with Gasteiger partial charge in [-0.2, -0.15) is 5.10 Å². The number of amides is 2. The number of hydrogen-bond donors (Lipinski definition) is 2. The first-order valence-corrected chi connectivity index (χ1v) is 9.88. The van der Waals surface area contributed by atoms with E-state index in [9.17, 15) is 9.59 Å². The average Bonchev–Trinajstić information content (AvgIpc) is 3.02. The SMILES string of the molecule is Cc1cc(/C=N\NC(=O)C(=O)N[C@@H](C)c2ccccc2)c(C)n1-c1ccc(Cl)cc1. The molecule has 0 saturated carbocycles. The van der Waals surface area contributed by atoms with E-state index in [0.717, 1.165) is 28.2 Å². The van der Waals surface area contributed by atoms with Crippen molar-refractivity contribution in [1.82, 2.24) is 15.3 Å². The topological polar surface area (TPSA) is 75.5 Å². The van der Waals surface area contributed by atoms with Crippen molar-refractivity contribution in [2.24, 2.45) is 5.10 Å². The van der Waals surface area contributed by atoms with E-state index >= 15 is 0 Å². The predicted molar refractivity (Wildman–Crippen MR) is 119 cm³/mol. The van der Waals surface area contributed by atoms with E-state index in [-0.39, 0.29) is 6.04 Å². The fourth-order valence-corrected chi connectivity index (χ4v) is 3.33. The Labute approximate surface area is 180 Å². The zero-order valence-electron chi connectivity index (χ0n) is 17.0. The lowest BCUT2D eigenvalue weighted by Gasteiger charge is -2.13. The maximum atomic E-state index is 12.1. The Morgan fingerprint density at radius 1 is 1.03 bits per heavy atom. The number of hydrogen-bond acceptors (Lipinski definition) is 3. The van der Waals surface area contributed by atoms with Crippen LogP contribution < -0.4 is 10.7 Å². The van der Waals surface area contributed by atoms with Gasteiger partial charge >= 0.3 is 11.8 Å². The lowest BCUT2D eigenvalue weighted by atomic mass is 10.1. The minimum Gasteiger partial charge on any atom is -0.341 e. The third-order valence-electron chi connectivity index (χ3n) is 4.78. The summed E-state index contributed by atoms with van der Waals surface area (Å²) in [7, 11) is 0. The summed E-state index contributed by atoms with van der Waals surface area (Å²) in [5.41, 5.74) is 6.97. The highest BCUT2D eigenvalue weighted by atomic mass is 35.5. The number of hydrazone groups is 1. The first kappa shape index (κ1) is 21.3. The maximum Gasteiger partial charge on any atom is 0.329 e. The van der Waals surface area contributed by atoms with Crippen molar-refractivity contribution in [2.45, 2.75) is 26.8 Å². The fraction of sp³-hybridized carbons (Fsp3) is 0.174. The summed E-state index contributed by atoms with van der Waals surface area (Å²) in [5.74, 6) is -1.56. The highest BCUT2D eigenvalue weighted by molar-refractivity contribution is 6.35. The Bertz CT molecular complexity index is 1070. The molecule has 3 aromatic rings. The first-order chi connectivity index (χ1) is 14.4. The van der Waals surface area contributed by atoms with Crippen molar-refractivity contribution in [1.29, 1.82) is 0 Å². The van der Waals surface area contributed by atoms with Crippen LogP contribution in [-0.4, -0.2) is 22.6 Å². The molecule has 3 rings (SSSR count). The van der Waals surface area contributed by atoms with E-state index in [1.807, 2.05) is 81.4 Å². The number of rotatable bonds is 5. The first-order valence-electron chi connectivity index (χ1n) is 9.50. The number of nitrogens with zero attached hydrogens (tertiary/aromatic N) is 2. The molecule has 0 aliphatic carbocycles. The normalized spacial score (nSPS) is 12.0. The molecule has 2 aromatic carbocycles. The number of halogens is 1. The summed E-state index contributed by atoms with van der Waals surface area (Å²) >= 11 is 5.97. The van der Waals surface area contributed by atoms with Gasteiger partial charge in [0.1, 0.15) is 0 Å². The van der Waals surface area contributed by atoms with E-state index in [1.165, 1.54) is 6.21 Å². The molecule has 1 heterocycles. The molecule has 0 bridgehead atoms. The number of carbonyl (C=O) groups excluding carboxylic acids is 2. The maximum absolute atomic E-state index is 12.1. The smallest absolute Gasteiger partial charge is 0.329 e. The minimum absolute atomic E-state index is 0.285. The predicted octanol–water partition coefficient (Wildman–Crippen LogP) is 4.08. The summed E-state index contributed by atoms with van der Waals surface area (Å²) in [4.78, 5) is 24.2. The van der Waals surface area contributed by atoms with Crippen LogP contribution >= 0.6 is 11.6 Å². The molecular formula is C23H23ClN4O2. The van der Waals surface area contributed by atoms with Crippen LogP contribution in [-0.2, 0) is 9.59 Å². The second-order valence-corrected chi connectivity index (χ2v) is 7.38. The Morgan fingerprint density at radius 2 is 1.70 bits per heavy atom. The van der Waals surface area contributed by atoms with Gasteiger partial charge in [0.2, 0.25) is 0 Å². The van der Waals surface area contributed by atoms with Crippen LogP contribution in [0.25, 0.3) is 5.69 Å². The third-order valence-corrected chi connectivity index (χ3v) is 5.03. The monoisotopic (exact) mass is 422 g/mol. The number of carbonyl (C=O) groups is 2. The standard InChI is InChI=1S/C23H23ClN4O2/c1-15-13-19(17(3)28(15)21-11-9-20(24)10-12-21)14-25-27-23(30)22(29)26-16(2)18-7-5-4-6-8-18/h4-14,16H,1-3H3,(H,26,29)(H,27,30)/b25-14-/t16-/m0/s1. The van der Waals surface area contributed by atoms with E-state index in [4.69, 9.17) is 11.6 Å². The van der Waals surface area contributed by atoms with Gasteiger partial charge in [-0.25, -0.2) is 5.43 Å². The molecular weight excluding hydrogens is 400 g/mol. The van der Waals surface area contributed by atoms with E-state index in [2.05, 4.69) is 20.4 Å². The van der Waals surface area contributed by atoms with Crippen molar-refractivity contribution >= 4 is 29.6 Å². The molecule has 30 heavy (non-hydrogen) atoms. The zero-order valence-corrected chi connectivity index (χ0v) is 17.8. The Balaban J connectivity index is 1.63. The highest BCUT2D eigenvalue weighted by Crippen LogP contribution is 2.21. The van der Waals surface area contributed by atoms with Crippen molar-refractivity contribution in [3.63, 3.8) is 0 Å². The average molecular weight is 423 g/mol. The largest absolute Gasteiger partial charge is 0.341 e. The molecule has 0 radical (unpaired) electrons. The second kappa shape index (κ2) is 9.41. The lowest BCUT2D eigenvalue weighted by Crippen LogP contribution is -2.39. The zero-order chi connectivity index (χ0) is 21.7. The van der Waals surface area contributed by atoms with Crippen molar-refractivity contribution < 1.29 is 9.59 Å². The van der Waals surface area contributed by atoms with Crippen molar-refractivity contribution in [3.8, 4) is 5.69 Å². The van der Waals surface area contributed by atoms with Crippen LogP contribution in [0.4, 0.5) is 0 Å². The van der Waals surface area contributed by atoms with Crippen LogP contribution in [0.5, 0.6) is 0 Å². The van der Waals surface area contributed by atoms with Gasteiger partial charge < -0.3 is 9.88 Å². The van der Waals surface area contributed by atoms with E-state index < -0.39 is 11.8 Å². The molecule has 1 atom stereocenters. The molecule has 6 nitrogen and oxygen atoms in total. The van der Waals surface area contributed by atoms with Gasteiger partial charge in [0, 0.05) is 27.7 Å². The molecule has 0 aliphatic heterocycles. The fourth-order valence-electron chi connectivity index (χ4n) is 3.20. The number of aromatic nitrogens is 1. The van der Waals surface area contributed by atoms with E-state index in [0.29, 0.717) is 5.02 Å². The lowest BCUT2D eigenvalue weighted by molar-refractivity contribution is -0.139. The molecule has 1 aromatic heterocycles. The number of aryl methyl sites for hydroxylation is 1. The molecule has 0 fully saturated rings. The van der Waals surface area contributed by atoms with Gasteiger partial charge in [-0.3, -0.25) is 9.59 Å². The molecule has 2 amide bonds. The van der Waals surface area contributed by atoms with Crippen LogP contribution in [0.3, 0.4) is 0 Å². The van der Waals surface area contributed by atoms with Crippen LogP contribution in [0.2, 0.25) is 5.02 Å². The molecule has 0 aliphatic rings. The third kappa shape index (κ3) is 4.96. The van der Waals surface area contributed by atoms with Gasteiger partial charge in [0.25, 0.3) is 0 Å². The Hall–Kier alpha value is -3.38. The van der Waals surface area contributed by atoms with Gasteiger partial charge in [-0.15, -0.1) is 0 Å². The minimum atomic E-state index is -0.819. The molecule has 7 heteroatoms. The summed E-state index contributed by atoms with van der Waals surface area (Å²) in [6.07, 6.45) is 1.53. The van der Waals surface area contributed by atoms with Crippen LogP contribution in [0, 0.1) is 13.8 Å². The molecule has 0 spiro atoms. The molecule has 2 N–H and O–H groups in total. The van der Waals surface area contributed by atoms with Gasteiger partial charge in [-0.05, 0) is 56.7 Å². The van der Waals surface area contributed by atoms with Gasteiger partial charge in [-0.1, -0.05) is 41.9 Å². The Kier molecular flexibility index (Phi) is 6.69. The summed E-state index contributed by atoms with van der Waals surface area (Å²) < 4.78 is 2.06. The number of benzene rings is 2. The van der Waals surface area contributed by atoms with Crippen LogP contribution in [0.15, 0.2) is 65.8 Å². The summed E-state index contributed by atoms with van der Waals surface area (Å²) in [6, 6.07) is 18.6. The molecule has 0 saturated heterocycles. The van der Waals surface area contributed by atoms with Gasteiger partial charge in [0.05, 0.1) is 12.3 Å². The van der Waals surface area contributed by atoms with E-state index in [1.54, 1.807) is 0 Å².